The van der Waals surface area contributed by atoms with Gasteiger partial charge >= 0.3 is 11.9 Å². The first kappa shape index (κ1) is 34.0. The van der Waals surface area contributed by atoms with E-state index in [4.69, 9.17) is 9.47 Å². The van der Waals surface area contributed by atoms with Gasteiger partial charge in [-0.2, -0.15) is 0 Å². The van der Waals surface area contributed by atoms with E-state index in [0.29, 0.717) is 22.5 Å². The van der Waals surface area contributed by atoms with Gasteiger partial charge in [0.2, 0.25) is 22.0 Å². The third-order valence-electron chi connectivity index (χ3n) is 5.77. The highest BCUT2D eigenvalue weighted by molar-refractivity contribution is 8.15. The van der Waals surface area contributed by atoms with Gasteiger partial charge in [0, 0.05) is 11.1 Å². The summed E-state index contributed by atoms with van der Waals surface area (Å²) in [6, 6.07) is 22.0. The van der Waals surface area contributed by atoms with Crippen LogP contribution in [-0.4, -0.2) is 62.6 Å². The molecule has 1 aromatic heterocycles. The van der Waals surface area contributed by atoms with Gasteiger partial charge in [0.15, 0.2) is 0 Å². The van der Waals surface area contributed by atoms with Crippen LogP contribution in [0.3, 0.4) is 0 Å². The Morgan fingerprint density at radius 3 is 1.39 bits per heavy atom. The van der Waals surface area contributed by atoms with Crippen molar-refractivity contribution in [2.75, 3.05) is 13.1 Å². The lowest BCUT2D eigenvalue weighted by Crippen LogP contribution is -2.36. The Kier molecular flexibility index (Phi) is 13.6. The number of esters is 2. The van der Waals surface area contributed by atoms with Gasteiger partial charge in [-0.25, -0.2) is 0 Å². The Morgan fingerprint density at radius 2 is 1.00 bits per heavy atom. The summed E-state index contributed by atoms with van der Waals surface area (Å²) < 4.78 is 10.3. The van der Waals surface area contributed by atoms with Crippen molar-refractivity contribution in [2.45, 2.75) is 37.6 Å². The summed E-state index contributed by atoms with van der Waals surface area (Å²) in [4.78, 5) is 77.6. The molecular formula is C31H31N3O8S2. The highest BCUT2D eigenvalue weighted by atomic mass is 32.2. The third-order valence-corrected chi connectivity index (χ3v) is 7.80. The van der Waals surface area contributed by atoms with Crippen LogP contribution in [0.15, 0.2) is 78.9 Å². The summed E-state index contributed by atoms with van der Waals surface area (Å²) in [5, 5.41) is 2.97. The van der Waals surface area contributed by atoms with E-state index in [-0.39, 0.29) is 36.5 Å². The van der Waals surface area contributed by atoms with E-state index in [1.165, 1.54) is 0 Å². The van der Waals surface area contributed by atoms with Gasteiger partial charge in [0.05, 0.1) is 21.9 Å². The van der Waals surface area contributed by atoms with Crippen LogP contribution in [0.5, 0.6) is 0 Å². The summed E-state index contributed by atoms with van der Waals surface area (Å²) >= 11 is 1.71. The van der Waals surface area contributed by atoms with Crippen LogP contribution in [0.2, 0.25) is 0 Å². The van der Waals surface area contributed by atoms with Crippen molar-refractivity contribution in [2.24, 2.45) is 0 Å². The minimum Gasteiger partial charge on any atom is -0.458 e. The number of aromatic nitrogens is 1. The summed E-state index contributed by atoms with van der Waals surface area (Å²) in [5.41, 5.74) is 1.73. The first-order valence-corrected chi connectivity index (χ1v) is 15.2. The van der Waals surface area contributed by atoms with Gasteiger partial charge in [0.1, 0.15) is 26.3 Å². The second-order valence-electron chi connectivity index (χ2n) is 9.20. The fourth-order valence-corrected chi connectivity index (χ4v) is 4.99. The van der Waals surface area contributed by atoms with Crippen LogP contribution in [0.4, 0.5) is 0 Å². The van der Waals surface area contributed by atoms with Crippen molar-refractivity contribution in [1.29, 1.82) is 0 Å². The van der Waals surface area contributed by atoms with Crippen molar-refractivity contribution in [3.63, 3.8) is 0 Å². The van der Waals surface area contributed by atoms with E-state index >= 15 is 0 Å². The highest BCUT2D eigenvalue weighted by Crippen LogP contribution is 2.19. The molecule has 3 rings (SSSR count). The maximum atomic E-state index is 12.3. The smallest absolute Gasteiger partial charge is 0.325 e. The van der Waals surface area contributed by atoms with E-state index in [1.54, 1.807) is 92.7 Å². The molecule has 0 saturated heterocycles. The van der Waals surface area contributed by atoms with E-state index in [2.05, 4.69) is 15.6 Å². The lowest BCUT2D eigenvalue weighted by Gasteiger charge is -2.12. The van der Waals surface area contributed by atoms with Gasteiger partial charge in [0.25, 0.3) is 0 Å². The monoisotopic (exact) mass is 637 g/mol. The van der Waals surface area contributed by atoms with Gasteiger partial charge < -0.3 is 20.1 Å². The van der Waals surface area contributed by atoms with Gasteiger partial charge in [-0.15, -0.1) is 0 Å². The Hall–Kier alpha value is -4.49. The minimum atomic E-state index is -0.712. The van der Waals surface area contributed by atoms with Crippen LogP contribution in [0.25, 0.3) is 0 Å². The van der Waals surface area contributed by atoms with Gasteiger partial charge in [-0.05, 0) is 26.0 Å². The molecule has 2 unspecified atom stereocenters. The number of nitrogens with zero attached hydrogens (tertiary/aromatic N) is 1. The van der Waals surface area contributed by atoms with Crippen molar-refractivity contribution < 1.29 is 38.2 Å². The molecule has 230 valence electrons. The Labute approximate surface area is 262 Å². The van der Waals surface area contributed by atoms with Crippen molar-refractivity contribution >= 4 is 57.5 Å². The topological polar surface area (TPSA) is 158 Å². The molecule has 13 heteroatoms. The van der Waals surface area contributed by atoms with Crippen LogP contribution in [-0.2, 0) is 41.9 Å². The number of hydrogen-bond donors (Lipinski definition) is 2. The molecule has 2 amide bonds. The molecule has 11 nitrogen and oxygen atoms in total. The Bertz CT molecular complexity index is 1360. The lowest BCUT2D eigenvalue weighted by molar-refractivity contribution is -0.145. The normalized spacial score (nSPS) is 11.9. The van der Waals surface area contributed by atoms with E-state index in [1.807, 2.05) is 0 Å². The number of ether oxygens (including phenoxy) is 2. The quantitative estimate of drug-likeness (QED) is 0.250. The van der Waals surface area contributed by atoms with Crippen molar-refractivity contribution in [3.05, 3.63) is 101 Å². The lowest BCUT2D eigenvalue weighted by atomic mass is 10.2. The van der Waals surface area contributed by atoms with E-state index in [0.717, 1.165) is 23.5 Å². The second-order valence-corrected chi connectivity index (χ2v) is 11.8. The maximum absolute atomic E-state index is 12.3. The zero-order valence-electron chi connectivity index (χ0n) is 24.0. The summed E-state index contributed by atoms with van der Waals surface area (Å²) in [5.74, 6) is -2.36. The first-order valence-electron chi connectivity index (χ1n) is 13.5. The summed E-state index contributed by atoms with van der Waals surface area (Å²) in [7, 11) is 0. The second kappa shape index (κ2) is 17.6. The predicted octanol–water partition coefficient (Wildman–Crippen LogP) is 3.32. The molecule has 2 N–H and O–H groups in total. The number of carbonyl (C=O) groups excluding carboxylic acids is 6. The number of amides is 2. The molecule has 0 aliphatic heterocycles. The van der Waals surface area contributed by atoms with Crippen LogP contribution < -0.4 is 10.6 Å². The van der Waals surface area contributed by atoms with E-state index < -0.39 is 34.3 Å². The molecule has 44 heavy (non-hydrogen) atoms. The fourth-order valence-electron chi connectivity index (χ4n) is 3.42. The molecule has 0 bridgehead atoms. The SMILES string of the molecule is CC(SC(=O)c1ccccc1)C(=O)NCC(=O)OCc1cccc(COC(=O)CNC(=O)C(C)SC(=O)c2ccccc2)n1. The molecule has 2 atom stereocenters. The number of nitrogens with one attached hydrogen (secondary N) is 2. The van der Waals surface area contributed by atoms with Crippen molar-refractivity contribution in [1.82, 2.24) is 15.6 Å². The largest absolute Gasteiger partial charge is 0.458 e. The number of thioether (sulfide) groups is 2. The molecule has 0 radical (unpaired) electrons. The Morgan fingerprint density at radius 1 is 0.614 bits per heavy atom. The van der Waals surface area contributed by atoms with E-state index in [9.17, 15) is 28.8 Å². The van der Waals surface area contributed by atoms with Crippen molar-refractivity contribution in [3.8, 4) is 0 Å². The molecule has 1 heterocycles. The number of rotatable bonds is 14. The molecule has 2 aromatic carbocycles. The number of carbonyl (C=O) groups is 6. The number of pyridine rings is 1. The molecule has 0 aliphatic carbocycles. The first-order chi connectivity index (χ1) is 21.1. The van der Waals surface area contributed by atoms with Crippen LogP contribution in [0, 0.1) is 0 Å². The maximum Gasteiger partial charge on any atom is 0.325 e. The molecule has 0 aliphatic rings. The average molecular weight is 638 g/mol. The average Bonchev–Trinajstić information content (AvgIpc) is 3.04. The molecule has 0 spiro atoms. The van der Waals surface area contributed by atoms with Gasteiger partial charge in [-0.3, -0.25) is 33.8 Å². The number of benzene rings is 2. The molecule has 0 saturated carbocycles. The summed E-state index contributed by atoms with van der Waals surface area (Å²) in [6.07, 6.45) is 0. The molecule has 0 fully saturated rings. The van der Waals surface area contributed by atoms with Crippen LogP contribution >= 0.6 is 23.5 Å². The summed E-state index contributed by atoms with van der Waals surface area (Å²) in [6.45, 7) is 2.00. The van der Waals surface area contributed by atoms with Gasteiger partial charge in [-0.1, -0.05) is 90.3 Å². The minimum absolute atomic E-state index is 0.180. The molecular weight excluding hydrogens is 606 g/mol. The molecule has 3 aromatic rings. The fraction of sp³-hybridized carbons (Fsp3) is 0.258. The third kappa shape index (κ3) is 11.7. The zero-order valence-corrected chi connectivity index (χ0v) is 25.7. The Balaban J connectivity index is 1.33. The highest BCUT2D eigenvalue weighted by Gasteiger charge is 2.21. The predicted molar refractivity (Wildman–Crippen MR) is 165 cm³/mol. The zero-order chi connectivity index (χ0) is 31.9. The standard InChI is InChI=1S/C31H31N3O8S2/c1-20(43-30(39)22-10-5-3-6-11-22)28(37)32-16-26(35)41-18-24-14-9-15-25(34-24)19-42-27(36)17-33-29(38)21(2)44-31(40)23-12-7-4-8-13-23/h3-15,20-21H,16-19H2,1-2H3,(H,32,37)(H,33,38). The van der Waals surface area contributed by atoms with Crippen LogP contribution in [0.1, 0.15) is 46.0 Å². The number of hydrogen-bond acceptors (Lipinski definition) is 11.